The molecule has 7 nitrogen and oxygen atoms in total. The minimum absolute atomic E-state index is 0.0494. The van der Waals surface area contributed by atoms with Gasteiger partial charge in [-0.15, -0.1) is 0 Å². The van der Waals surface area contributed by atoms with E-state index < -0.39 is 5.97 Å². The molecule has 8 heteroatoms. The van der Waals surface area contributed by atoms with Crippen LogP contribution in [0.1, 0.15) is 63.9 Å². The van der Waals surface area contributed by atoms with E-state index in [9.17, 15) is 14.4 Å². The summed E-state index contributed by atoms with van der Waals surface area (Å²) in [5.41, 5.74) is 6.28. The van der Waals surface area contributed by atoms with Gasteiger partial charge in [-0.2, -0.15) is 11.8 Å². The summed E-state index contributed by atoms with van der Waals surface area (Å²) < 4.78 is 0. The van der Waals surface area contributed by atoms with Crippen LogP contribution >= 0.6 is 11.8 Å². The van der Waals surface area contributed by atoms with E-state index in [1.807, 2.05) is 66.7 Å². The quantitative estimate of drug-likeness (QED) is 0.120. The van der Waals surface area contributed by atoms with E-state index in [1.54, 1.807) is 18.3 Å². The number of anilines is 2. The zero-order chi connectivity index (χ0) is 30.7. The summed E-state index contributed by atoms with van der Waals surface area (Å²) >= 11 is 1.53. The molecular weight excluding hydrogens is 570 g/mol. The van der Waals surface area contributed by atoms with Crippen molar-refractivity contribution in [3.05, 3.63) is 113 Å². The predicted octanol–water partition coefficient (Wildman–Crippen LogP) is 7.51. The molecule has 0 spiro atoms. The highest BCUT2D eigenvalue weighted by atomic mass is 32.2. The number of Topliss-reactive ketones (excluding diaryl/α,β-unsaturated/α-hetero) is 1. The fourth-order valence-electron chi connectivity index (χ4n) is 5.35. The van der Waals surface area contributed by atoms with E-state index in [-0.39, 0.29) is 18.1 Å². The summed E-state index contributed by atoms with van der Waals surface area (Å²) in [5, 5.41) is 12.0. The molecule has 2 heterocycles. The van der Waals surface area contributed by atoms with Gasteiger partial charge in [0.2, 0.25) is 0 Å². The number of hydrogen-bond donors (Lipinski definition) is 2. The fourth-order valence-corrected chi connectivity index (χ4v) is 6.23. The molecule has 1 aliphatic rings. The number of carboxylic acid groups (broad SMARTS) is 1. The third-order valence-electron chi connectivity index (χ3n) is 7.73. The second kappa shape index (κ2) is 15.3. The number of nitrogens with zero attached hydrogens (tertiary/aromatic N) is 2. The largest absolute Gasteiger partial charge is 0.481 e. The van der Waals surface area contributed by atoms with Crippen molar-refractivity contribution >= 4 is 40.8 Å². The molecule has 0 radical (unpaired) electrons. The number of pyridine rings is 1. The lowest BCUT2D eigenvalue weighted by Gasteiger charge is -2.29. The molecule has 1 aliphatic heterocycles. The van der Waals surface area contributed by atoms with Crippen molar-refractivity contribution in [3.8, 4) is 11.3 Å². The minimum atomic E-state index is -0.815. The van der Waals surface area contributed by atoms with Crippen LogP contribution in [-0.2, 0) is 17.0 Å². The van der Waals surface area contributed by atoms with Crippen molar-refractivity contribution < 1.29 is 19.5 Å². The smallest absolute Gasteiger partial charge is 0.304 e. The summed E-state index contributed by atoms with van der Waals surface area (Å²) in [6, 6.07) is 27.0. The van der Waals surface area contributed by atoms with Gasteiger partial charge in [0.1, 0.15) is 0 Å². The molecule has 1 saturated heterocycles. The number of hydrogen-bond acceptors (Lipinski definition) is 6. The lowest BCUT2D eigenvalue weighted by molar-refractivity contribution is -0.136. The van der Waals surface area contributed by atoms with E-state index in [0.717, 1.165) is 48.3 Å². The van der Waals surface area contributed by atoms with E-state index in [1.165, 1.54) is 18.2 Å². The van der Waals surface area contributed by atoms with Crippen molar-refractivity contribution in [2.24, 2.45) is 0 Å². The van der Waals surface area contributed by atoms with Crippen LogP contribution in [0.4, 0.5) is 11.4 Å². The Kier molecular flexibility index (Phi) is 10.8. The number of amides is 1. The number of carbonyl (C=O) groups is 3. The van der Waals surface area contributed by atoms with Gasteiger partial charge in [-0.05, 0) is 79.3 Å². The first-order valence-corrected chi connectivity index (χ1v) is 16.2. The van der Waals surface area contributed by atoms with E-state index in [2.05, 4.69) is 21.3 Å². The van der Waals surface area contributed by atoms with E-state index in [0.29, 0.717) is 46.9 Å². The van der Waals surface area contributed by atoms with Gasteiger partial charge in [0.25, 0.3) is 5.91 Å². The third kappa shape index (κ3) is 8.57. The van der Waals surface area contributed by atoms with Crippen LogP contribution in [0.2, 0.25) is 0 Å². The number of aryl methyl sites for hydroxylation is 1. The van der Waals surface area contributed by atoms with Crippen LogP contribution in [0, 0.1) is 0 Å². The van der Waals surface area contributed by atoms with Gasteiger partial charge < -0.3 is 15.3 Å². The summed E-state index contributed by atoms with van der Waals surface area (Å²) in [7, 11) is 0. The first-order valence-electron chi connectivity index (χ1n) is 15.1. The van der Waals surface area contributed by atoms with Crippen LogP contribution in [0.3, 0.4) is 0 Å². The molecule has 1 fully saturated rings. The van der Waals surface area contributed by atoms with Gasteiger partial charge in [0.15, 0.2) is 5.78 Å². The molecule has 4 aromatic rings. The standard InChI is InChI=1S/C36H37N3O4S/c40-34(15-12-26-8-3-1-4-9-26)28-16-18-37-33(23-28)31-24-30(39-19-5-2-6-20-39)13-14-32(31)38-36(43)29-11-7-10-27(22-29)25-44-21-17-35(41)42/h1,3-4,7-11,13-14,16,18,22-24H,2,5-6,12,15,17,19-21,25H2,(H,38,43)(H,41,42). The van der Waals surface area contributed by atoms with Crippen molar-refractivity contribution in [2.75, 3.05) is 29.1 Å². The van der Waals surface area contributed by atoms with Crippen LogP contribution in [0.15, 0.2) is 91.1 Å². The predicted molar refractivity (Wildman–Crippen MR) is 178 cm³/mol. The molecule has 226 valence electrons. The average molecular weight is 608 g/mol. The molecule has 1 amide bonds. The Hall–Kier alpha value is -4.43. The zero-order valence-electron chi connectivity index (χ0n) is 24.7. The second-order valence-corrected chi connectivity index (χ2v) is 12.1. The number of thioether (sulfide) groups is 1. The van der Waals surface area contributed by atoms with Crippen LogP contribution < -0.4 is 10.2 Å². The number of ketones is 1. The highest BCUT2D eigenvalue weighted by molar-refractivity contribution is 7.98. The molecule has 0 atom stereocenters. The summed E-state index contributed by atoms with van der Waals surface area (Å²) in [6.07, 6.45) is 6.34. The molecular formula is C36H37N3O4S. The Morgan fingerprint density at radius 1 is 0.818 bits per heavy atom. The molecule has 0 saturated carbocycles. The normalized spacial score (nSPS) is 13.0. The van der Waals surface area contributed by atoms with Gasteiger partial charge in [0, 0.05) is 59.6 Å². The lowest BCUT2D eigenvalue weighted by atomic mass is 10.00. The third-order valence-corrected chi connectivity index (χ3v) is 8.76. The number of benzene rings is 3. The minimum Gasteiger partial charge on any atom is -0.481 e. The Bertz CT molecular complexity index is 1600. The van der Waals surface area contributed by atoms with Crippen LogP contribution in [0.5, 0.6) is 0 Å². The number of aliphatic carboxylic acids is 1. The number of carboxylic acids is 1. The van der Waals surface area contributed by atoms with Gasteiger partial charge in [-0.1, -0.05) is 42.5 Å². The van der Waals surface area contributed by atoms with Gasteiger partial charge in [-0.25, -0.2) is 0 Å². The van der Waals surface area contributed by atoms with Crippen LogP contribution in [-0.4, -0.2) is 46.6 Å². The highest BCUT2D eigenvalue weighted by Crippen LogP contribution is 2.33. The second-order valence-electron chi connectivity index (χ2n) is 11.0. The topological polar surface area (TPSA) is 99.6 Å². The van der Waals surface area contributed by atoms with Crippen molar-refractivity contribution in [1.29, 1.82) is 0 Å². The maximum absolute atomic E-state index is 13.5. The number of rotatable bonds is 13. The van der Waals surface area contributed by atoms with Gasteiger partial charge >= 0.3 is 5.97 Å². The number of aromatic nitrogens is 1. The van der Waals surface area contributed by atoms with Crippen molar-refractivity contribution in [3.63, 3.8) is 0 Å². The monoisotopic (exact) mass is 607 g/mol. The molecule has 0 bridgehead atoms. The number of piperidine rings is 1. The Labute approximate surface area is 262 Å². The van der Waals surface area contributed by atoms with Crippen molar-refractivity contribution in [1.82, 2.24) is 4.98 Å². The molecule has 0 unspecified atom stereocenters. The molecule has 5 rings (SSSR count). The molecule has 3 aromatic carbocycles. The Morgan fingerprint density at radius 2 is 1.61 bits per heavy atom. The zero-order valence-corrected chi connectivity index (χ0v) is 25.5. The van der Waals surface area contributed by atoms with Gasteiger partial charge in [0.05, 0.1) is 17.8 Å². The SMILES string of the molecule is O=C(O)CCSCc1cccc(C(=O)Nc2ccc(N3CCCCC3)cc2-c2cc(C(=O)CCc3ccccc3)ccn2)c1. The Balaban J connectivity index is 1.38. The summed E-state index contributed by atoms with van der Waals surface area (Å²) in [5.74, 6) is 0.125. The van der Waals surface area contributed by atoms with E-state index in [4.69, 9.17) is 5.11 Å². The molecule has 0 aliphatic carbocycles. The fraction of sp³-hybridized carbons (Fsp3) is 0.278. The lowest BCUT2D eigenvalue weighted by Crippen LogP contribution is -2.29. The maximum atomic E-state index is 13.5. The number of nitrogens with one attached hydrogen (secondary N) is 1. The Morgan fingerprint density at radius 3 is 2.41 bits per heavy atom. The molecule has 2 N–H and O–H groups in total. The first kappa shape index (κ1) is 31.0. The highest BCUT2D eigenvalue weighted by Gasteiger charge is 2.18. The van der Waals surface area contributed by atoms with Crippen LogP contribution in [0.25, 0.3) is 11.3 Å². The van der Waals surface area contributed by atoms with E-state index >= 15 is 0 Å². The average Bonchev–Trinajstić information content (AvgIpc) is 3.06. The first-order chi connectivity index (χ1) is 21.5. The molecule has 44 heavy (non-hydrogen) atoms. The van der Waals surface area contributed by atoms with Crippen molar-refractivity contribution in [2.45, 2.75) is 44.3 Å². The summed E-state index contributed by atoms with van der Waals surface area (Å²) in [4.78, 5) is 44.5. The summed E-state index contributed by atoms with van der Waals surface area (Å²) in [6.45, 7) is 1.96. The number of carbonyl (C=O) groups excluding carboxylic acids is 2. The molecule has 1 aromatic heterocycles. The van der Waals surface area contributed by atoms with Gasteiger partial charge in [-0.3, -0.25) is 19.4 Å². The maximum Gasteiger partial charge on any atom is 0.304 e.